The van der Waals surface area contributed by atoms with E-state index in [1.54, 1.807) is 20.3 Å². The van der Waals surface area contributed by atoms with Gasteiger partial charge < -0.3 is 24.1 Å². The van der Waals surface area contributed by atoms with E-state index in [-0.39, 0.29) is 0 Å². The summed E-state index contributed by atoms with van der Waals surface area (Å²) >= 11 is 0. The van der Waals surface area contributed by atoms with Crippen LogP contribution in [0.5, 0.6) is 11.5 Å². The van der Waals surface area contributed by atoms with E-state index < -0.39 is 7.12 Å². The molecule has 136 valence electrons. The van der Waals surface area contributed by atoms with Gasteiger partial charge in [-0.25, -0.2) is 0 Å². The van der Waals surface area contributed by atoms with E-state index in [1.165, 1.54) is 0 Å². The molecule has 0 spiro atoms. The third kappa shape index (κ3) is 2.83. The van der Waals surface area contributed by atoms with E-state index in [4.69, 9.17) is 9.47 Å². The van der Waals surface area contributed by atoms with Gasteiger partial charge >= 0.3 is 7.12 Å². The number of aromatic nitrogens is 1. The molecule has 0 saturated heterocycles. The third-order valence-electron chi connectivity index (χ3n) is 4.97. The van der Waals surface area contributed by atoms with Crippen LogP contribution in [0, 0.1) is 6.92 Å². The Bertz CT molecular complexity index is 1090. The largest absolute Gasteiger partial charge is 0.497 e. The number of nitrogens with zero attached hydrogens (tertiary/aromatic N) is 1. The van der Waals surface area contributed by atoms with Gasteiger partial charge in [-0.05, 0) is 66.5 Å². The highest BCUT2D eigenvalue weighted by molar-refractivity contribution is 6.59. The first-order valence-corrected chi connectivity index (χ1v) is 8.66. The highest BCUT2D eigenvalue weighted by Gasteiger charge is 2.17. The van der Waals surface area contributed by atoms with E-state index in [0.717, 1.165) is 44.6 Å². The first kappa shape index (κ1) is 17.5. The van der Waals surface area contributed by atoms with E-state index in [1.807, 2.05) is 55.5 Å². The minimum absolute atomic E-state index is 0.503. The number of fused-ring (bicyclic) bond motifs is 3. The van der Waals surface area contributed by atoms with Gasteiger partial charge in [-0.3, -0.25) is 0 Å². The van der Waals surface area contributed by atoms with Crippen LogP contribution >= 0.6 is 0 Å². The number of hydrogen-bond acceptors (Lipinski definition) is 4. The van der Waals surface area contributed by atoms with Crippen LogP contribution in [0.25, 0.3) is 27.5 Å². The third-order valence-corrected chi connectivity index (χ3v) is 4.97. The second-order valence-corrected chi connectivity index (χ2v) is 6.52. The molecular weight excluding hydrogens is 341 g/mol. The number of methoxy groups -OCH3 is 2. The van der Waals surface area contributed by atoms with Crippen molar-refractivity contribution in [3.8, 4) is 17.2 Å². The van der Waals surface area contributed by atoms with Crippen LogP contribution in [0.2, 0.25) is 0 Å². The highest BCUT2D eigenvalue weighted by Crippen LogP contribution is 2.36. The van der Waals surface area contributed by atoms with Gasteiger partial charge in [-0.2, -0.15) is 0 Å². The predicted octanol–water partition coefficient (Wildman–Crippen LogP) is 2.79. The molecule has 4 rings (SSSR count). The molecule has 5 nitrogen and oxygen atoms in total. The van der Waals surface area contributed by atoms with Gasteiger partial charge in [0.15, 0.2) is 0 Å². The maximum Gasteiger partial charge on any atom is 0.488 e. The second-order valence-electron chi connectivity index (χ2n) is 6.52. The van der Waals surface area contributed by atoms with Gasteiger partial charge in [-0.15, -0.1) is 0 Å². The molecule has 1 aromatic heterocycles. The number of rotatable bonds is 4. The zero-order valence-corrected chi connectivity index (χ0v) is 15.4. The number of aryl methyl sites for hydroxylation is 1. The molecule has 6 heteroatoms. The lowest BCUT2D eigenvalue weighted by molar-refractivity contribution is 0.415. The molecule has 0 aliphatic rings. The number of hydrogen-bond donors (Lipinski definition) is 2. The Balaban J connectivity index is 2.05. The molecule has 0 saturated carbocycles. The summed E-state index contributed by atoms with van der Waals surface area (Å²) in [5.41, 5.74) is 4.35. The van der Waals surface area contributed by atoms with Gasteiger partial charge in [0.05, 0.1) is 25.3 Å². The Morgan fingerprint density at radius 1 is 0.778 bits per heavy atom. The van der Waals surface area contributed by atoms with Crippen molar-refractivity contribution in [3.05, 3.63) is 60.2 Å². The molecule has 3 aromatic carbocycles. The Morgan fingerprint density at radius 2 is 1.33 bits per heavy atom. The molecule has 0 fully saturated rings. The smallest absolute Gasteiger partial charge is 0.488 e. The van der Waals surface area contributed by atoms with Crippen LogP contribution in [0.15, 0.2) is 54.6 Å². The molecule has 0 aliphatic carbocycles. The molecule has 2 N–H and O–H groups in total. The van der Waals surface area contributed by atoms with Crippen molar-refractivity contribution in [2.45, 2.75) is 6.92 Å². The van der Waals surface area contributed by atoms with Crippen LogP contribution in [-0.4, -0.2) is 36.0 Å². The average Bonchev–Trinajstić information content (AvgIpc) is 3.00. The Morgan fingerprint density at radius 3 is 1.78 bits per heavy atom. The molecule has 0 unspecified atom stereocenters. The lowest BCUT2D eigenvalue weighted by atomic mass is 9.77. The normalized spacial score (nSPS) is 11.1. The molecule has 4 aromatic rings. The quantitative estimate of drug-likeness (QED) is 0.549. The second kappa shape index (κ2) is 6.65. The van der Waals surface area contributed by atoms with Gasteiger partial charge in [0, 0.05) is 16.5 Å². The monoisotopic (exact) mass is 361 g/mol. The minimum Gasteiger partial charge on any atom is -0.497 e. The van der Waals surface area contributed by atoms with E-state index in [9.17, 15) is 10.0 Å². The summed E-state index contributed by atoms with van der Waals surface area (Å²) in [6.45, 7) is 1.87. The van der Waals surface area contributed by atoms with E-state index in [2.05, 4.69) is 4.57 Å². The fraction of sp³-hybridized carbons (Fsp3) is 0.143. The highest BCUT2D eigenvalue weighted by atomic mass is 16.5. The molecule has 0 radical (unpaired) electrons. The summed E-state index contributed by atoms with van der Waals surface area (Å²) in [6.07, 6.45) is 0. The molecular formula is C21H20BNO4. The first-order chi connectivity index (χ1) is 13.0. The zero-order valence-electron chi connectivity index (χ0n) is 15.4. The van der Waals surface area contributed by atoms with Crippen LogP contribution < -0.4 is 14.9 Å². The van der Waals surface area contributed by atoms with Gasteiger partial charge in [0.1, 0.15) is 11.5 Å². The lowest BCUT2D eigenvalue weighted by Gasteiger charge is -2.12. The number of ether oxygens (including phenoxy) is 2. The summed E-state index contributed by atoms with van der Waals surface area (Å²) in [4.78, 5) is 0. The van der Waals surface area contributed by atoms with E-state index >= 15 is 0 Å². The average molecular weight is 361 g/mol. The Labute approximate surface area is 157 Å². The molecule has 27 heavy (non-hydrogen) atoms. The topological polar surface area (TPSA) is 63.9 Å². The predicted molar refractivity (Wildman–Crippen MR) is 108 cm³/mol. The van der Waals surface area contributed by atoms with Crippen molar-refractivity contribution in [2.24, 2.45) is 0 Å². The summed E-state index contributed by atoms with van der Waals surface area (Å²) in [5.74, 6) is 1.58. The van der Waals surface area contributed by atoms with Crippen LogP contribution in [0.3, 0.4) is 0 Å². The molecule has 0 bridgehead atoms. The lowest BCUT2D eigenvalue weighted by Crippen LogP contribution is -2.32. The Hall–Kier alpha value is -2.96. The van der Waals surface area contributed by atoms with Crippen molar-refractivity contribution >= 4 is 34.4 Å². The van der Waals surface area contributed by atoms with Gasteiger partial charge in [0.25, 0.3) is 0 Å². The van der Waals surface area contributed by atoms with E-state index in [0.29, 0.717) is 5.46 Å². The van der Waals surface area contributed by atoms with Gasteiger partial charge in [0.2, 0.25) is 0 Å². The fourth-order valence-electron chi connectivity index (χ4n) is 3.60. The molecule has 0 amide bonds. The maximum atomic E-state index is 9.51. The standard InChI is InChI=1S/C21H20BNO4/c1-13-10-14(4-7-19(13)22(24)25)23-20-8-5-15(26-2)11-17(20)18-12-16(27-3)6-9-21(18)23/h4-12,24-25H,1-3H3. The molecule has 0 atom stereocenters. The SMILES string of the molecule is COc1ccc2c(c1)c1cc(OC)ccc1n2-c1ccc(B(O)O)c(C)c1. The van der Waals surface area contributed by atoms with Crippen LogP contribution in [-0.2, 0) is 0 Å². The van der Waals surface area contributed by atoms with Crippen LogP contribution in [0.1, 0.15) is 5.56 Å². The van der Waals surface area contributed by atoms with Crippen LogP contribution in [0.4, 0.5) is 0 Å². The summed E-state index contributed by atoms with van der Waals surface area (Å²) in [7, 11) is 1.83. The first-order valence-electron chi connectivity index (χ1n) is 8.66. The zero-order chi connectivity index (χ0) is 19.1. The molecule has 0 aliphatic heterocycles. The van der Waals surface area contributed by atoms with Crippen molar-refractivity contribution in [2.75, 3.05) is 14.2 Å². The fourth-order valence-corrected chi connectivity index (χ4v) is 3.60. The number of benzene rings is 3. The minimum atomic E-state index is -1.48. The van der Waals surface area contributed by atoms with Crippen molar-refractivity contribution in [1.29, 1.82) is 0 Å². The van der Waals surface area contributed by atoms with Crippen molar-refractivity contribution < 1.29 is 19.5 Å². The van der Waals surface area contributed by atoms with Crippen molar-refractivity contribution in [1.82, 2.24) is 4.57 Å². The summed E-state index contributed by atoms with van der Waals surface area (Å²) in [5, 5.41) is 21.1. The Kier molecular flexibility index (Phi) is 4.30. The summed E-state index contributed by atoms with van der Waals surface area (Å²) in [6, 6.07) is 17.6. The molecule has 1 heterocycles. The van der Waals surface area contributed by atoms with Crippen molar-refractivity contribution in [3.63, 3.8) is 0 Å². The maximum absolute atomic E-state index is 9.51. The van der Waals surface area contributed by atoms with Gasteiger partial charge in [-0.1, -0.05) is 6.07 Å². The summed E-state index contributed by atoms with van der Waals surface area (Å²) < 4.78 is 13.0.